The minimum Gasteiger partial charge on any atom is -0.504 e. The van der Waals surface area contributed by atoms with Crippen LogP contribution in [0.4, 0.5) is 0 Å². The predicted octanol–water partition coefficient (Wildman–Crippen LogP) is 2.11. The van der Waals surface area contributed by atoms with Crippen LogP contribution in [0.2, 0.25) is 0 Å². The number of phenolic OH excluding ortho intramolecular Hbond substituents is 2. The topological polar surface area (TPSA) is 104 Å². The highest BCUT2D eigenvalue weighted by Crippen LogP contribution is 2.26. The van der Waals surface area contributed by atoms with Gasteiger partial charge in [-0.05, 0) is 42.9 Å². The average Bonchev–Trinajstić information content (AvgIpc) is 2.39. The molecule has 0 heterocycles. The van der Waals surface area contributed by atoms with E-state index in [9.17, 15) is 15.0 Å². The molecule has 2 atom stereocenters. The van der Waals surface area contributed by atoms with Crippen molar-refractivity contribution in [1.82, 2.24) is 0 Å². The summed E-state index contributed by atoms with van der Waals surface area (Å²) < 4.78 is 0. The van der Waals surface area contributed by atoms with Crippen LogP contribution in [0.15, 0.2) is 18.2 Å². The molecule has 20 heavy (non-hydrogen) atoms. The van der Waals surface area contributed by atoms with Crippen molar-refractivity contribution in [3.8, 4) is 11.5 Å². The van der Waals surface area contributed by atoms with E-state index in [1.54, 1.807) is 12.1 Å². The summed E-state index contributed by atoms with van der Waals surface area (Å²) in [5.74, 6) is -1.23. The maximum atomic E-state index is 10.9. The fourth-order valence-corrected chi connectivity index (χ4v) is 2.28. The van der Waals surface area contributed by atoms with Gasteiger partial charge in [0.2, 0.25) is 0 Å². The number of carboxylic acids is 1. The number of rotatable bonds is 8. The van der Waals surface area contributed by atoms with Crippen LogP contribution < -0.4 is 5.73 Å². The molecule has 0 amide bonds. The number of phenols is 2. The van der Waals surface area contributed by atoms with Crippen molar-refractivity contribution in [3.05, 3.63) is 23.8 Å². The fourth-order valence-electron chi connectivity index (χ4n) is 2.28. The number of aliphatic carboxylic acids is 1. The molecular weight excluding hydrogens is 258 g/mol. The van der Waals surface area contributed by atoms with E-state index < -0.39 is 11.9 Å². The van der Waals surface area contributed by atoms with E-state index in [0.717, 1.165) is 24.8 Å². The molecule has 1 aromatic carbocycles. The zero-order valence-corrected chi connectivity index (χ0v) is 11.7. The van der Waals surface area contributed by atoms with Gasteiger partial charge in [0.05, 0.1) is 5.92 Å². The Morgan fingerprint density at radius 1 is 1.30 bits per heavy atom. The standard InChI is InChI=1S/C15H23NO4/c1-10(7-12(9-16)15(19)20)3-2-4-11-5-6-13(17)14(18)8-11/h5-6,8,10,12,17-18H,2-4,7,9,16H2,1H3,(H,19,20). The summed E-state index contributed by atoms with van der Waals surface area (Å²) in [6.07, 6.45) is 3.19. The molecule has 0 spiro atoms. The molecule has 0 saturated carbocycles. The number of hydrogen-bond acceptors (Lipinski definition) is 4. The van der Waals surface area contributed by atoms with Gasteiger partial charge in [-0.3, -0.25) is 4.79 Å². The van der Waals surface area contributed by atoms with Crippen molar-refractivity contribution in [1.29, 1.82) is 0 Å². The molecule has 2 unspecified atom stereocenters. The predicted molar refractivity (Wildman–Crippen MR) is 76.7 cm³/mol. The summed E-state index contributed by atoms with van der Waals surface area (Å²) in [6.45, 7) is 2.20. The van der Waals surface area contributed by atoms with Crippen LogP contribution >= 0.6 is 0 Å². The lowest BCUT2D eigenvalue weighted by Crippen LogP contribution is -2.25. The van der Waals surface area contributed by atoms with E-state index in [2.05, 4.69) is 0 Å². The van der Waals surface area contributed by atoms with Gasteiger partial charge < -0.3 is 21.1 Å². The number of aromatic hydroxyl groups is 2. The molecule has 5 nitrogen and oxygen atoms in total. The Bertz CT molecular complexity index is 447. The summed E-state index contributed by atoms with van der Waals surface area (Å²) in [5, 5.41) is 27.6. The van der Waals surface area contributed by atoms with Gasteiger partial charge in [-0.25, -0.2) is 0 Å². The van der Waals surface area contributed by atoms with Crippen molar-refractivity contribution < 1.29 is 20.1 Å². The zero-order chi connectivity index (χ0) is 15.1. The molecule has 0 aromatic heterocycles. The molecule has 1 aromatic rings. The second-order valence-electron chi connectivity index (χ2n) is 5.33. The van der Waals surface area contributed by atoms with Gasteiger partial charge in [0.1, 0.15) is 0 Å². The molecule has 0 radical (unpaired) electrons. The lowest BCUT2D eigenvalue weighted by atomic mass is 9.91. The van der Waals surface area contributed by atoms with Crippen molar-refractivity contribution >= 4 is 5.97 Å². The van der Waals surface area contributed by atoms with Crippen LogP contribution in [0.25, 0.3) is 0 Å². The molecule has 0 saturated heterocycles. The number of benzene rings is 1. The first-order valence-electron chi connectivity index (χ1n) is 6.87. The van der Waals surface area contributed by atoms with E-state index in [1.807, 2.05) is 6.92 Å². The second kappa shape index (κ2) is 7.75. The molecule has 0 aliphatic carbocycles. The van der Waals surface area contributed by atoms with Crippen LogP contribution in [0.5, 0.6) is 11.5 Å². The molecule has 0 aliphatic heterocycles. The summed E-state index contributed by atoms with van der Waals surface area (Å²) >= 11 is 0. The molecular formula is C15H23NO4. The van der Waals surface area contributed by atoms with E-state index in [1.165, 1.54) is 6.07 Å². The minimum atomic E-state index is -0.831. The Labute approximate surface area is 119 Å². The van der Waals surface area contributed by atoms with Crippen molar-refractivity contribution in [3.63, 3.8) is 0 Å². The van der Waals surface area contributed by atoms with Crippen LogP contribution in [0.1, 0.15) is 31.7 Å². The smallest absolute Gasteiger partial charge is 0.307 e. The van der Waals surface area contributed by atoms with Crippen LogP contribution in [-0.4, -0.2) is 27.8 Å². The third-order valence-electron chi connectivity index (χ3n) is 3.52. The molecule has 0 aliphatic rings. The highest BCUT2D eigenvalue weighted by Gasteiger charge is 2.18. The second-order valence-corrected chi connectivity index (χ2v) is 5.33. The van der Waals surface area contributed by atoms with Crippen molar-refractivity contribution in [2.24, 2.45) is 17.6 Å². The Morgan fingerprint density at radius 3 is 2.55 bits per heavy atom. The fraction of sp³-hybridized carbons (Fsp3) is 0.533. The molecule has 5 heteroatoms. The summed E-state index contributed by atoms with van der Waals surface area (Å²) in [4.78, 5) is 10.9. The van der Waals surface area contributed by atoms with E-state index in [4.69, 9.17) is 10.8 Å². The first kappa shape index (κ1) is 16.3. The maximum Gasteiger partial charge on any atom is 0.307 e. The Kier molecular flexibility index (Phi) is 6.31. The first-order valence-corrected chi connectivity index (χ1v) is 6.87. The van der Waals surface area contributed by atoms with Gasteiger partial charge in [0.15, 0.2) is 11.5 Å². The summed E-state index contributed by atoms with van der Waals surface area (Å²) in [6, 6.07) is 4.81. The Balaban J connectivity index is 2.36. The highest BCUT2D eigenvalue weighted by atomic mass is 16.4. The summed E-state index contributed by atoms with van der Waals surface area (Å²) in [7, 11) is 0. The van der Waals surface area contributed by atoms with Gasteiger partial charge in [-0.2, -0.15) is 0 Å². The van der Waals surface area contributed by atoms with E-state index in [0.29, 0.717) is 12.3 Å². The van der Waals surface area contributed by atoms with Crippen molar-refractivity contribution in [2.45, 2.75) is 32.6 Å². The third-order valence-corrected chi connectivity index (χ3v) is 3.52. The van der Waals surface area contributed by atoms with Crippen LogP contribution in [0.3, 0.4) is 0 Å². The van der Waals surface area contributed by atoms with Crippen LogP contribution in [0, 0.1) is 11.8 Å². The normalized spacial score (nSPS) is 13.9. The Morgan fingerprint density at radius 2 is 2.00 bits per heavy atom. The lowest BCUT2D eigenvalue weighted by Gasteiger charge is -2.16. The van der Waals surface area contributed by atoms with Gasteiger partial charge in [-0.15, -0.1) is 0 Å². The van der Waals surface area contributed by atoms with Gasteiger partial charge in [0.25, 0.3) is 0 Å². The molecule has 0 bridgehead atoms. The number of carbonyl (C=O) groups is 1. The van der Waals surface area contributed by atoms with Crippen molar-refractivity contribution in [2.75, 3.05) is 6.54 Å². The minimum absolute atomic E-state index is 0.107. The molecule has 0 fully saturated rings. The number of aryl methyl sites for hydroxylation is 1. The largest absolute Gasteiger partial charge is 0.504 e. The number of nitrogens with two attached hydrogens (primary N) is 1. The first-order chi connectivity index (χ1) is 9.43. The SMILES string of the molecule is CC(CCCc1ccc(O)c(O)c1)CC(CN)C(=O)O. The lowest BCUT2D eigenvalue weighted by molar-refractivity contribution is -0.141. The monoisotopic (exact) mass is 281 g/mol. The van der Waals surface area contributed by atoms with E-state index >= 15 is 0 Å². The average molecular weight is 281 g/mol. The summed E-state index contributed by atoms with van der Waals surface area (Å²) in [5.41, 5.74) is 6.40. The van der Waals surface area contributed by atoms with E-state index in [-0.39, 0.29) is 18.0 Å². The van der Waals surface area contributed by atoms with Gasteiger partial charge in [-0.1, -0.05) is 19.4 Å². The molecule has 5 N–H and O–H groups in total. The zero-order valence-electron chi connectivity index (χ0n) is 11.7. The highest BCUT2D eigenvalue weighted by molar-refractivity contribution is 5.70. The number of carboxylic acid groups (broad SMARTS) is 1. The van der Waals surface area contributed by atoms with Crippen LogP contribution in [-0.2, 0) is 11.2 Å². The third kappa shape index (κ3) is 5.09. The number of hydrogen-bond donors (Lipinski definition) is 4. The Hall–Kier alpha value is -1.75. The van der Waals surface area contributed by atoms with Gasteiger partial charge >= 0.3 is 5.97 Å². The quantitative estimate of drug-likeness (QED) is 0.546. The molecule has 112 valence electrons. The maximum absolute atomic E-state index is 10.9. The molecule has 1 rings (SSSR count). The van der Waals surface area contributed by atoms with Gasteiger partial charge in [0, 0.05) is 6.54 Å².